The van der Waals surface area contributed by atoms with Gasteiger partial charge in [0, 0.05) is 16.0 Å². The molecule has 168 valence electrons. The van der Waals surface area contributed by atoms with Crippen LogP contribution in [0.3, 0.4) is 0 Å². The van der Waals surface area contributed by atoms with Crippen molar-refractivity contribution >= 4 is 49.7 Å². The lowest BCUT2D eigenvalue weighted by Crippen LogP contribution is -2.18. The summed E-state index contributed by atoms with van der Waals surface area (Å²) in [5.74, 6) is -0.466. The quantitative estimate of drug-likeness (QED) is 0.324. The maximum Gasteiger partial charge on any atom is 0.261 e. The number of rotatable bonds is 7. The topological polar surface area (TPSA) is 88.2 Å². The summed E-state index contributed by atoms with van der Waals surface area (Å²) in [5.41, 5.74) is 3.30. The molecule has 0 spiro atoms. The predicted molar refractivity (Wildman–Crippen MR) is 134 cm³/mol. The number of nitrogens with zero attached hydrogens (tertiary/aromatic N) is 1. The number of hydrogen-bond acceptors (Lipinski definition) is 5. The number of halogens is 1. The molecule has 1 aromatic heterocycles. The van der Waals surface area contributed by atoms with Gasteiger partial charge in [-0.1, -0.05) is 54.9 Å². The Labute approximate surface area is 201 Å². The zero-order valence-electron chi connectivity index (χ0n) is 17.6. The fraction of sp³-hybridized carbons (Fsp3) is 0.0833. The molecule has 0 saturated heterocycles. The summed E-state index contributed by atoms with van der Waals surface area (Å²) in [4.78, 5) is 17.5. The third-order valence-electron chi connectivity index (χ3n) is 4.92. The van der Waals surface area contributed by atoms with Gasteiger partial charge in [0.25, 0.3) is 15.9 Å². The van der Waals surface area contributed by atoms with E-state index >= 15 is 0 Å². The van der Waals surface area contributed by atoms with Crippen molar-refractivity contribution in [2.45, 2.75) is 18.2 Å². The Morgan fingerprint density at radius 2 is 1.70 bits per heavy atom. The molecule has 1 amide bonds. The Balaban J connectivity index is 1.53. The van der Waals surface area contributed by atoms with Gasteiger partial charge in [0.15, 0.2) is 5.13 Å². The lowest BCUT2D eigenvalue weighted by Gasteiger charge is -2.12. The summed E-state index contributed by atoms with van der Waals surface area (Å²) in [7, 11) is -3.90. The van der Waals surface area contributed by atoms with Crippen molar-refractivity contribution in [3.8, 4) is 11.3 Å². The normalized spacial score (nSPS) is 11.2. The number of aryl methyl sites for hydroxylation is 1. The van der Waals surface area contributed by atoms with Gasteiger partial charge in [-0.05, 0) is 48.4 Å². The molecule has 0 aliphatic rings. The molecule has 0 atom stereocenters. The van der Waals surface area contributed by atoms with Gasteiger partial charge in [-0.2, -0.15) is 0 Å². The standard InChI is InChI=1S/C24H20ClN3O3S2/c1-2-16-7-9-17(10-8-16)22-15-32-24(26-22)27-23(29)20-5-3-4-6-21(20)28-33(30,31)19-13-11-18(25)12-14-19/h3-15,28H,2H2,1H3,(H,26,27,29). The molecule has 4 aromatic rings. The minimum absolute atomic E-state index is 0.0424. The maximum atomic E-state index is 12.9. The number of anilines is 2. The number of benzene rings is 3. The van der Waals surface area contributed by atoms with Crippen LogP contribution in [0.15, 0.2) is 83.1 Å². The van der Waals surface area contributed by atoms with E-state index in [4.69, 9.17) is 11.6 Å². The average molecular weight is 498 g/mol. The van der Waals surface area contributed by atoms with Crippen molar-refractivity contribution in [3.63, 3.8) is 0 Å². The second-order valence-corrected chi connectivity index (χ2v) is 10.1. The summed E-state index contributed by atoms with van der Waals surface area (Å²) in [6, 6.07) is 20.3. The van der Waals surface area contributed by atoms with Gasteiger partial charge in [0.2, 0.25) is 0 Å². The summed E-state index contributed by atoms with van der Waals surface area (Å²) in [5, 5.41) is 5.48. The average Bonchev–Trinajstić information content (AvgIpc) is 3.28. The molecule has 0 aliphatic carbocycles. The Hall–Kier alpha value is -3.20. The Bertz CT molecular complexity index is 1380. The van der Waals surface area contributed by atoms with Crippen LogP contribution in [-0.4, -0.2) is 19.3 Å². The van der Waals surface area contributed by atoms with Gasteiger partial charge in [0.05, 0.1) is 21.8 Å². The van der Waals surface area contributed by atoms with Crippen LogP contribution in [0.2, 0.25) is 5.02 Å². The van der Waals surface area contributed by atoms with Crippen LogP contribution in [0, 0.1) is 0 Å². The third-order valence-corrected chi connectivity index (χ3v) is 7.31. The number of carbonyl (C=O) groups excluding carboxylic acids is 1. The summed E-state index contributed by atoms with van der Waals surface area (Å²) >= 11 is 7.15. The van der Waals surface area contributed by atoms with Gasteiger partial charge >= 0.3 is 0 Å². The number of para-hydroxylation sites is 1. The van der Waals surface area contributed by atoms with Crippen LogP contribution in [-0.2, 0) is 16.4 Å². The van der Waals surface area contributed by atoms with E-state index in [-0.39, 0.29) is 16.1 Å². The van der Waals surface area contributed by atoms with Crippen LogP contribution in [0.4, 0.5) is 10.8 Å². The van der Waals surface area contributed by atoms with Gasteiger partial charge in [-0.25, -0.2) is 13.4 Å². The molecule has 0 unspecified atom stereocenters. The lowest BCUT2D eigenvalue weighted by molar-refractivity contribution is 0.102. The first kappa shape index (κ1) is 23.0. The van der Waals surface area contributed by atoms with Crippen molar-refractivity contribution in [1.29, 1.82) is 0 Å². The van der Waals surface area contributed by atoms with E-state index in [0.717, 1.165) is 17.7 Å². The first-order chi connectivity index (χ1) is 15.9. The molecular weight excluding hydrogens is 478 g/mol. The summed E-state index contributed by atoms with van der Waals surface area (Å²) in [6.45, 7) is 2.10. The van der Waals surface area contributed by atoms with E-state index in [1.807, 2.05) is 17.5 Å². The molecule has 0 fully saturated rings. The molecule has 1 heterocycles. The van der Waals surface area contributed by atoms with E-state index in [1.54, 1.807) is 18.2 Å². The van der Waals surface area contributed by atoms with Crippen molar-refractivity contribution in [1.82, 2.24) is 4.98 Å². The van der Waals surface area contributed by atoms with Gasteiger partial charge in [-0.15, -0.1) is 11.3 Å². The highest BCUT2D eigenvalue weighted by atomic mass is 35.5. The summed E-state index contributed by atoms with van der Waals surface area (Å²) < 4.78 is 28.0. The Kier molecular flexibility index (Phi) is 6.78. The largest absolute Gasteiger partial charge is 0.298 e. The van der Waals surface area contributed by atoms with Crippen LogP contribution in [0.25, 0.3) is 11.3 Å². The highest BCUT2D eigenvalue weighted by molar-refractivity contribution is 7.92. The first-order valence-electron chi connectivity index (χ1n) is 10.1. The lowest BCUT2D eigenvalue weighted by atomic mass is 10.1. The van der Waals surface area contributed by atoms with Crippen molar-refractivity contribution in [2.24, 2.45) is 0 Å². The van der Waals surface area contributed by atoms with Gasteiger partial charge < -0.3 is 0 Å². The number of sulfonamides is 1. The van der Waals surface area contributed by atoms with Gasteiger partial charge in [0.1, 0.15) is 0 Å². The molecule has 0 aliphatic heterocycles. The van der Waals surface area contributed by atoms with E-state index in [0.29, 0.717) is 10.2 Å². The minimum Gasteiger partial charge on any atom is -0.298 e. The molecule has 33 heavy (non-hydrogen) atoms. The highest BCUT2D eigenvalue weighted by Crippen LogP contribution is 2.27. The number of nitrogens with one attached hydrogen (secondary N) is 2. The number of thiazole rings is 1. The van der Waals surface area contributed by atoms with E-state index in [9.17, 15) is 13.2 Å². The summed E-state index contributed by atoms with van der Waals surface area (Å²) in [6.07, 6.45) is 0.958. The molecule has 0 saturated carbocycles. The number of hydrogen-bond donors (Lipinski definition) is 2. The zero-order valence-corrected chi connectivity index (χ0v) is 20.0. The second-order valence-electron chi connectivity index (χ2n) is 7.15. The molecule has 2 N–H and O–H groups in total. The first-order valence-corrected chi connectivity index (χ1v) is 12.8. The molecular formula is C24H20ClN3O3S2. The van der Waals surface area contributed by atoms with Crippen molar-refractivity contribution < 1.29 is 13.2 Å². The fourth-order valence-corrected chi connectivity index (χ4v) is 5.05. The number of carbonyl (C=O) groups is 1. The maximum absolute atomic E-state index is 12.9. The Morgan fingerprint density at radius 3 is 2.39 bits per heavy atom. The predicted octanol–water partition coefficient (Wildman–Crippen LogP) is 6.08. The van der Waals surface area contributed by atoms with Crippen LogP contribution in [0.1, 0.15) is 22.8 Å². The number of amides is 1. The van der Waals surface area contributed by atoms with Crippen molar-refractivity contribution in [3.05, 3.63) is 94.3 Å². The Morgan fingerprint density at radius 1 is 1.00 bits per heavy atom. The molecule has 3 aromatic carbocycles. The van der Waals surface area contributed by atoms with Crippen LogP contribution < -0.4 is 10.0 Å². The monoisotopic (exact) mass is 497 g/mol. The molecule has 0 radical (unpaired) electrons. The zero-order chi connectivity index (χ0) is 23.4. The molecule has 9 heteroatoms. The van der Waals surface area contributed by atoms with E-state index < -0.39 is 15.9 Å². The number of aromatic nitrogens is 1. The smallest absolute Gasteiger partial charge is 0.261 e. The third kappa shape index (κ3) is 5.42. The van der Waals surface area contributed by atoms with Crippen molar-refractivity contribution in [2.75, 3.05) is 10.0 Å². The van der Waals surface area contributed by atoms with Crippen LogP contribution >= 0.6 is 22.9 Å². The minimum atomic E-state index is -3.90. The van der Waals surface area contributed by atoms with Gasteiger partial charge in [-0.3, -0.25) is 14.8 Å². The highest BCUT2D eigenvalue weighted by Gasteiger charge is 2.19. The van der Waals surface area contributed by atoms with E-state index in [2.05, 4.69) is 34.1 Å². The second kappa shape index (κ2) is 9.74. The van der Waals surface area contributed by atoms with E-state index in [1.165, 1.54) is 47.2 Å². The molecule has 4 rings (SSSR count). The fourth-order valence-electron chi connectivity index (χ4n) is 3.13. The molecule has 0 bridgehead atoms. The van der Waals surface area contributed by atoms with Crippen LogP contribution in [0.5, 0.6) is 0 Å². The SMILES string of the molecule is CCc1ccc(-c2csc(NC(=O)c3ccccc3NS(=O)(=O)c3ccc(Cl)cc3)n2)cc1. The molecule has 6 nitrogen and oxygen atoms in total.